The fraction of sp³-hybridized carbons (Fsp3) is 0.429. The Bertz CT molecular complexity index is 521. The fourth-order valence-corrected chi connectivity index (χ4v) is 1.96. The molecular formula is C14H18O6. The van der Waals surface area contributed by atoms with Crippen LogP contribution >= 0.6 is 0 Å². The van der Waals surface area contributed by atoms with Crippen LogP contribution in [0.1, 0.15) is 22.8 Å². The fourth-order valence-electron chi connectivity index (χ4n) is 1.96. The zero-order valence-corrected chi connectivity index (χ0v) is 12.2. The van der Waals surface area contributed by atoms with E-state index in [4.69, 9.17) is 14.2 Å². The van der Waals surface area contributed by atoms with Gasteiger partial charge in [-0.3, -0.25) is 9.59 Å². The molecule has 1 aromatic carbocycles. The van der Waals surface area contributed by atoms with E-state index in [1.165, 1.54) is 35.4 Å². The highest BCUT2D eigenvalue weighted by Gasteiger charge is 2.24. The van der Waals surface area contributed by atoms with Gasteiger partial charge >= 0.3 is 5.97 Å². The molecule has 0 fully saturated rings. The van der Waals surface area contributed by atoms with Gasteiger partial charge in [-0.2, -0.15) is 0 Å². The second-order valence-corrected chi connectivity index (χ2v) is 3.99. The van der Waals surface area contributed by atoms with Crippen LogP contribution in [0.2, 0.25) is 0 Å². The van der Waals surface area contributed by atoms with Gasteiger partial charge in [0.25, 0.3) is 0 Å². The van der Waals surface area contributed by atoms with Gasteiger partial charge in [-0.25, -0.2) is 0 Å². The Hall–Kier alpha value is -2.24. The molecule has 20 heavy (non-hydrogen) atoms. The standard InChI is InChI=1S/C14H18O6/c1-8(15)12-9(7-11(16)18-3)6-10(17-2)13(19-4)14(12)20-5/h6H,7H2,1-5H3. The van der Waals surface area contributed by atoms with E-state index in [1.54, 1.807) is 6.07 Å². The van der Waals surface area contributed by atoms with Crippen molar-refractivity contribution in [3.05, 3.63) is 17.2 Å². The van der Waals surface area contributed by atoms with Crippen LogP contribution in [0.15, 0.2) is 6.07 Å². The maximum absolute atomic E-state index is 11.9. The number of hydrogen-bond acceptors (Lipinski definition) is 6. The van der Waals surface area contributed by atoms with Gasteiger partial charge in [0, 0.05) is 0 Å². The topological polar surface area (TPSA) is 71.1 Å². The van der Waals surface area contributed by atoms with Crippen molar-refractivity contribution in [2.75, 3.05) is 28.4 Å². The van der Waals surface area contributed by atoms with Crippen molar-refractivity contribution in [1.29, 1.82) is 0 Å². The first-order valence-electron chi connectivity index (χ1n) is 5.89. The Labute approximate surface area is 117 Å². The van der Waals surface area contributed by atoms with Crippen molar-refractivity contribution >= 4 is 11.8 Å². The quantitative estimate of drug-likeness (QED) is 0.583. The van der Waals surface area contributed by atoms with Gasteiger partial charge in [-0.05, 0) is 18.6 Å². The number of hydrogen-bond donors (Lipinski definition) is 0. The first-order chi connectivity index (χ1) is 9.49. The van der Waals surface area contributed by atoms with Crippen LogP contribution in [-0.4, -0.2) is 40.2 Å². The molecule has 0 aliphatic heterocycles. The molecule has 1 rings (SSSR count). The molecule has 0 atom stereocenters. The summed E-state index contributed by atoms with van der Waals surface area (Å²) < 4.78 is 20.3. The summed E-state index contributed by atoms with van der Waals surface area (Å²) in [7, 11) is 5.62. The summed E-state index contributed by atoms with van der Waals surface area (Å²) in [6.07, 6.45) is -0.0534. The maximum atomic E-state index is 11.9. The number of benzene rings is 1. The van der Waals surface area contributed by atoms with Gasteiger partial charge in [0.15, 0.2) is 17.3 Å². The molecule has 1 aromatic rings. The molecule has 0 saturated heterocycles. The summed E-state index contributed by atoms with van der Waals surface area (Å²) in [5.74, 6) is 0.254. The molecule has 6 heteroatoms. The highest BCUT2D eigenvalue weighted by molar-refractivity contribution is 6.00. The Balaban J connectivity index is 3.56. The number of carbonyl (C=O) groups is 2. The van der Waals surface area contributed by atoms with Gasteiger partial charge < -0.3 is 18.9 Å². The Morgan fingerprint density at radius 1 is 1.00 bits per heavy atom. The molecule has 0 spiro atoms. The normalized spacial score (nSPS) is 9.85. The lowest BCUT2D eigenvalue weighted by atomic mass is 9.99. The van der Waals surface area contributed by atoms with E-state index in [-0.39, 0.29) is 23.5 Å². The lowest BCUT2D eigenvalue weighted by molar-refractivity contribution is -0.139. The minimum Gasteiger partial charge on any atom is -0.493 e. The van der Waals surface area contributed by atoms with Crippen molar-refractivity contribution < 1.29 is 28.5 Å². The molecule has 0 bridgehead atoms. The number of ether oxygens (including phenoxy) is 4. The lowest BCUT2D eigenvalue weighted by Crippen LogP contribution is -2.11. The van der Waals surface area contributed by atoms with Crippen LogP contribution in [0.3, 0.4) is 0 Å². The molecule has 0 heterocycles. The number of ketones is 1. The smallest absolute Gasteiger partial charge is 0.310 e. The van der Waals surface area contributed by atoms with E-state index in [0.717, 1.165) is 0 Å². The minimum absolute atomic E-state index is 0.0534. The van der Waals surface area contributed by atoms with E-state index < -0.39 is 5.97 Å². The number of methoxy groups -OCH3 is 4. The molecule has 0 aliphatic rings. The summed E-state index contributed by atoms with van der Waals surface area (Å²) >= 11 is 0. The molecule has 0 N–H and O–H groups in total. The average Bonchev–Trinajstić information content (AvgIpc) is 2.44. The zero-order valence-electron chi connectivity index (χ0n) is 12.2. The summed E-state index contributed by atoms with van der Waals surface area (Å²) in [4.78, 5) is 23.3. The molecule has 110 valence electrons. The highest BCUT2D eigenvalue weighted by Crippen LogP contribution is 2.42. The first-order valence-corrected chi connectivity index (χ1v) is 5.89. The van der Waals surface area contributed by atoms with Crippen LogP contribution < -0.4 is 14.2 Å². The van der Waals surface area contributed by atoms with E-state index in [9.17, 15) is 9.59 Å². The number of esters is 1. The molecule has 0 aliphatic carbocycles. The molecular weight excluding hydrogens is 264 g/mol. The van der Waals surface area contributed by atoms with Gasteiger partial charge in [-0.1, -0.05) is 0 Å². The third kappa shape index (κ3) is 3.01. The third-order valence-electron chi connectivity index (χ3n) is 2.83. The van der Waals surface area contributed by atoms with Gasteiger partial charge in [0.1, 0.15) is 0 Å². The monoisotopic (exact) mass is 282 g/mol. The van der Waals surface area contributed by atoms with E-state index in [0.29, 0.717) is 17.1 Å². The minimum atomic E-state index is -0.457. The Kier molecular flexibility index (Phi) is 5.37. The SMILES string of the molecule is COC(=O)Cc1cc(OC)c(OC)c(OC)c1C(C)=O. The zero-order chi connectivity index (χ0) is 15.3. The summed E-state index contributed by atoms with van der Waals surface area (Å²) in [5.41, 5.74) is 0.759. The summed E-state index contributed by atoms with van der Waals surface area (Å²) in [6, 6.07) is 1.58. The van der Waals surface area contributed by atoms with Crippen molar-refractivity contribution in [2.24, 2.45) is 0 Å². The van der Waals surface area contributed by atoms with Crippen LogP contribution in [0.5, 0.6) is 17.2 Å². The Morgan fingerprint density at radius 3 is 2.00 bits per heavy atom. The molecule has 0 aromatic heterocycles. The number of rotatable bonds is 6. The second-order valence-electron chi connectivity index (χ2n) is 3.99. The highest BCUT2D eigenvalue weighted by atomic mass is 16.5. The van der Waals surface area contributed by atoms with Crippen LogP contribution in [0.25, 0.3) is 0 Å². The summed E-state index contributed by atoms with van der Waals surface area (Å²) in [5, 5.41) is 0. The lowest BCUT2D eigenvalue weighted by Gasteiger charge is -2.17. The van der Waals surface area contributed by atoms with Gasteiger partial charge in [-0.15, -0.1) is 0 Å². The maximum Gasteiger partial charge on any atom is 0.310 e. The third-order valence-corrected chi connectivity index (χ3v) is 2.83. The molecule has 0 saturated carbocycles. The average molecular weight is 282 g/mol. The van der Waals surface area contributed by atoms with E-state index >= 15 is 0 Å². The van der Waals surface area contributed by atoms with Crippen molar-refractivity contribution in [1.82, 2.24) is 0 Å². The molecule has 0 radical (unpaired) electrons. The van der Waals surface area contributed by atoms with Gasteiger partial charge in [0.2, 0.25) is 5.75 Å². The second kappa shape index (κ2) is 6.79. The van der Waals surface area contributed by atoms with E-state index in [1.807, 2.05) is 0 Å². The predicted octanol–water partition coefficient (Wildman–Crippen LogP) is 1.63. The molecule has 0 unspecified atom stereocenters. The van der Waals surface area contributed by atoms with Crippen molar-refractivity contribution in [2.45, 2.75) is 13.3 Å². The first kappa shape index (κ1) is 15.8. The number of carbonyl (C=O) groups excluding carboxylic acids is 2. The van der Waals surface area contributed by atoms with E-state index in [2.05, 4.69) is 4.74 Å². The number of Topliss-reactive ketones (excluding diaryl/α,β-unsaturated/α-hetero) is 1. The van der Waals surface area contributed by atoms with Crippen LogP contribution in [-0.2, 0) is 16.0 Å². The summed E-state index contributed by atoms with van der Waals surface area (Å²) in [6.45, 7) is 1.39. The molecule has 6 nitrogen and oxygen atoms in total. The predicted molar refractivity (Wildman–Crippen MR) is 71.8 cm³/mol. The molecule has 0 amide bonds. The van der Waals surface area contributed by atoms with Crippen molar-refractivity contribution in [3.8, 4) is 17.2 Å². The largest absolute Gasteiger partial charge is 0.493 e. The van der Waals surface area contributed by atoms with Crippen molar-refractivity contribution in [3.63, 3.8) is 0 Å². The Morgan fingerprint density at radius 2 is 1.60 bits per heavy atom. The van der Waals surface area contributed by atoms with Gasteiger partial charge in [0.05, 0.1) is 40.4 Å². The van der Waals surface area contributed by atoms with Crippen LogP contribution in [0.4, 0.5) is 0 Å². The van der Waals surface area contributed by atoms with Crippen LogP contribution in [0, 0.1) is 0 Å².